The first-order chi connectivity index (χ1) is 17.3. The summed E-state index contributed by atoms with van der Waals surface area (Å²) in [5.41, 5.74) is 0.415. The van der Waals surface area contributed by atoms with Crippen LogP contribution in [-0.4, -0.2) is 36.3 Å². The second kappa shape index (κ2) is 10.3. The van der Waals surface area contributed by atoms with E-state index in [1.807, 2.05) is 0 Å². The van der Waals surface area contributed by atoms with Crippen molar-refractivity contribution in [2.75, 3.05) is 19.5 Å². The minimum Gasteiger partial charge on any atom is -0.505 e. The van der Waals surface area contributed by atoms with Crippen molar-refractivity contribution in [1.82, 2.24) is 0 Å². The highest BCUT2D eigenvalue weighted by atomic mass is 35.5. The first-order valence-corrected chi connectivity index (χ1v) is 10.9. The van der Waals surface area contributed by atoms with Gasteiger partial charge in [-0.25, -0.2) is 4.79 Å². The highest BCUT2D eigenvalue weighted by Gasteiger charge is 2.20. The molecule has 0 spiro atoms. The molecule has 182 valence electrons. The van der Waals surface area contributed by atoms with Crippen LogP contribution in [0, 0.1) is 0 Å². The van der Waals surface area contributed by atoms with Crippen molar-refractivity contribution in [3.63, 3.8) is 0 Å². The molecule has 0 heterocycles. The number of nitrogens with one attached hydrogen (secondary N) is 1. The van der Waals surface area contributed by atoms with E-state index in [1.165, 1.54) is 44.6 Å². The monoisotopic (exact) mass is 505 g/mol. The second-order valence-electron chi connectivity index (χ2n) is 7.53. The molecule has 0 radical (unpaired) electrons. The average Bonchev–Trinajstić information content (AvgIpc) is 2.87. The van der Waals surface area contributed by atoms with E-state index in [0.717, 1.165) is 0 Å². The highest BCUT2D eigenvalue weighted by molar-refractivity contribution is 6.31. The number of nitrogens with zero attached hydrogens (tertiary/aromatic N) is 2. The second-order valence-corrected chi connectivity index (χ2v) is 7.97. The fourth-order valence-electron chi connectivity index (χ4n) is 3.56. The van der Waals surface area contributed by atoms with Crippen molar-refractivity contribution in [2.24, 2.45) is 10.2 Å². The number of anilines is 1. The number of amides is 1. The van der Waals surface area contributed by atoms with Gasteiger partial charge in [-0.2, -0.15) is 0 Å². The number of rotatable bonds is 7. The Balaban J connectivity index is 1.81. The Hall–Kier alpha value is -4.63. The zero-order chi connectivity index (χ0) is 25.8. The van der Waals surface area contributed by atoms with Gasteiger partial charge in [0.15, 0.2) is 5.75 Å². The minimum absolute atomic E-state index is 0.0116. The lowest BCUT2D eigenvalue weighted by atomic mass is 10.0. The Morgan fingerprint density at radius 2 is 1.64 bits per heavy atom. The molecule has 0 aromatic heterocycles. The molecule has 4 aromatic carbocycles. The standard InChI is InChI=1S/C26H20ClN3O6/c1-35-21-10-8-16(27)13-19(21)28-25(32)18-11-14-5-3-4-6-17(14)23(24(18)31)30-29-20-12-15(26(33)34)7-9-22(20)36-2/h3-13,31H,1-2H3,(H,28,32)(H,33,34). The molecule has 10 heteroatoms. The molecule has 0 aliphatic carbocycles. The first kappa shape index (κ1) is 24.5. The van der Waals surface area contributed by atoms with Crippen LogP contribution in [0.15, 0.2) is 77.0 Å². The number of aromatic carboxylic acids is 1. The molecular formula is C26H20ClN3O6. The normalized spacial score (nSPS) is 11.0. The van der Waals surface area contributed by atoms with Gasteiger partial charge in [0, 0.05) is 10.4 Å². The molecule has 3 N–H and O–H groups in total. The number of phenols is 1. The molecule has 0 saturated heterocycles. The smallest absolute Gasteiger partial charge is 0.335 e. The van der Waals surface area contributed by atoms with Crippen LogP contribution in [0.2, 0.25) is 5.02 Å². The van der Waals surface area contributed by atoms with Crippen LogP contribution in [-0.2, 0) is 0 Å². The third kappa shape index (κ3) is 4.91. The Morgan fingerprint density at radius 1 is 0.917 bits per heavy atom. The third-order valence-corrected chi connectivity index (χ3v) is 5.57. The summed E-state index contributed by atoms with van der Waals surface area (Å²) in [7, 11) is 2.87. The summed E-state index contributed by atoms with van der Waals surface area (Å²) >= 11 is 6.06. The molecule has 4 rings (SSSR count). The van der Waals surface area contributed by atoms with Crippen molar-refractivity contribution >= 4 is 51.3 Å². The summed E-state index contributed by atoms with van der Waals surface area (Å²) in [5.74, 6) is -1.50. The largest absolute Gasteiger partial charge is 0.505 e. The number of methoxy groups -OCH3 is 2. The van der Waals surface area contributed by atoms with Crippen LogP contribution in [0.4, 0.5) is 17.1 Å². The Kier molecular flexibility index (Phi) is 7.03. The molecular weight excluding hydrogens is 486 g/mol. The summed E-state index contributed by atoms with van der Waals surface area (Å²) in [4.78, 5) is 24.6. The van der Waals surface area contributed by atoms with Crippen molar-refractivity contribution in [3.05, 3.63) is 82.9 Å². The molecule has 0 bridgehead atoms. The van der Waals surface area contributed by atoms with Crippen LogP contribution < -0.4 is 14.8 Å². The molecule has 36 heavy (non-hydrogen) atoms. The van der Waals surface area contributed by atoms with Crippen molar-refractivity contribution in [2.45, 2.75) is 0 Å². The summed E-state index contributed by atoms with van der Waals surface area (Å²) < 4.78 is 10.5. The van der Waals surface area contributed by atoms with E-state index in [9.17, 15) is 19.8 Å². The number of hydrogen-bond donors (Lipinski definition) is 3. The summed E-state index contributed by atoms with van der Waals surface area (Å²) in [6, 6.07) is 17.4. The van der Waals surface area contributed by atoms with E-state index in [0.29, 0.717) is 27.2 Å². The minimum atomic E-state index is -1.14. The van der Waals surface area contributed by atoms with Gasteiger partial charge in [-0.3, -0.25) is 4.79 Å². The topological polar surface area (TPSA) is 130 Å². The lowest BCUT2D eigenvalue weighted by molar-refractivity contribution is 0.0696. The lowest BCUT2D eigenvalue weighted by Gasteiger charge is -2.13. The average molecular weight is 506 g/mol. The summed E-state index contributed by atoms with van der Waals surface area (Å²) in [5, 5.41) is 32.9. The number of halogens is 1. The van der Waals surface area contributed by atoms with E-state index in [4.69, 9.17) is 21.1 Å². The van der Waals surface area contributed by atoms with Crippen LogP contribution in [0.3, 0.4) is 0 Å². The first-order valence-electron chi connectivity index (χ1n) is 10.5. The Labute approximate surface area is 210 Å². The predicted octanol–water partition coefficient (Wildman–Crippen LogP) is 6.58. The van der Waals surface area contributed by atoms with Gasteiger partial charge in [0.25, 0.3) is 5.91 Å². The van der Waals surface area contributed by atoms with E-state index >= 15 is 0 Å². The molecule has 0 aliphatic rings. The van der Waals surface area contributed by atoms with Gasteiger partial charge < -0.3 is 25.0 Å². The number of carboxylic acids is 1. The number of fused-ring (bicyclic) bond motifs is 1. The maximum absolute atomic E-state index is 13.2. The van der Waals surface area contributed by atoms with E-state index in [-0.39, 0.29) is 28.3 Å². The van der Waals surface area contributed by atoms with Crippen molar-refractivity contribution in [3.8, 4) is 17.2 Å². The van der Waals surface area contributed by atoms with Gasteiger partial charge in [-0.15, -0.1) is 10.2 Å². The number of azo groups is 1. The zero-order valence-electron chi connectivity index (χ0n) is 19.2. The maximum atomic E-state index is 13.2. The number of carbonyl (C=O) groups excluding carboxylic acids is 1. The van der Waals surface area contributed by atoms with Gasteiger partial charge in [-0.1, -0.05) is 35.9 Å². The molecule has 0 saturated carbocycles. The molecule has 9 nitrogen and oxygen atoms in total. The number of ether oxygens (including phenoxy) is 2. The molecule has 0 aliphatic heterocycles. The third-order valence-electron chi connectivity index (χ3n) is 5.33. The van der Waals surface area contributed by atoms with Gasteiger partial charge >= 0.3 is 5.97 Å². The SMILES string of the molecule is COc1ccc(C(=O)O)cc1N=Nc1c(O)c(C(=O)Nc2cc(Cl)ccc2OC)cc2ccccc12. The van der Waals surface area contributed by atoms with Crippen LogP contribution in [0.1, 0.15) is 20.7 Å². The Bertz CT molecular complexity index is 1520. The number of aromatic hydroxyl groups is 1. The van der Waals surface area contributed by atoms with Crippen LogP contribution >= 0.6 is 11.6 Å². The fourth-order valence-corrected chi connectivity index (χ4v) is 3.74. The van der Waals surface area contributed by atoms with Crippen molar-refractivity contribution in [1.29, 1.82) is 0 Å². The lowest BCUT2D eigenvalue weighted by Crippen LogP contribution is -2.13. The van der Waals surface area contributed by atoms with E-state index in [1.54, 1.807) is 36.4 Å². The van der Waals surface area contributed by atoms with Gasteiger partial charge in [-0.05, 0) is 47.9 Å². The van der Waals surface area contributed by atoms with Gasteiger partial charge in [0.1, 0.15) is 22.9 Å². The highest BCUT2D eigenvalue weighted by Crippen LogP contribution is 2.41. The zero-order valence-corrected chi connectivity index (χ0v) is 19.9. The predicted molar refractivity (Wildman–Crippen MR) is 136 cm³/mol. The van der Waals surface area contributed by atoms with E-state index < -0.39 is 17.6 Å². The number of carbonyl (C=O) groups is 2. The summed E-state index contributed by atoms with van der Waals surface area (Å²) in [6.07, 6.45) is 0. The molecule has 1 amide bonds. The van der Waals surface area contributed by atoms with Crippen LogP contribution in [0.25, 0.3) is 10.8 Å². The van der Waals surface area contributed by atoms with Crippen molar-refractivity contribution < 1.29 is 29.3 Å². The molecule has 0 fully saturated rings. The quantitative estimate of drug-likeness (QED) is 0.243. The van der Waals surface area contributed by atoms with Crippen LogP contribution in [0.5, 0.6) is 17.2 Å². The molecule has 0 atom stereocenters. The number of benzene rings is 4. The fraction of sp³-hybridized carbons (Fsp3) is 0.0769. The molecule has 4 aromatic rings. The number of carboxylic acid groups (broad SMARTS) is 1. The van der Waals surface area contributed by atoms with Gasteiger partial charge in [0.05, 0.1) is 31.0 Å². The maximum Gasteiger partial charge on any atom is 0.335 e. The molecule has 0 unspecified atom stereocenters. The number of phenolic OH excluding ortho intramolecular Hbond substituents is 1. The Morgan fingerprint density at radius 3 is 2.36 bits per heavy atom. The van der Waals surface area contributed by atoms with E-state index in [2.05, 4.69) is 15.5 Å². The summed E-state index contributed by atoms with van der Waals surface area (Å²) in [6.45, 7) is 0. The van der Waals surface area contributed by atoms with Gasteiger partial charge in [0.2, 0.25) is 0 Å². The number of hydrogen-bond acceptors (Lipinski definition) is 7.